The number of carbonyl (C=O) groups is 1. The number of hydrogen-bond donors (Lipinski definition) is 1. The quantitative estimate of drug-likeness (QED) is 0.450. The minimum atomic E-state index is -2.52. The number of terminal acetylenes is 1. The summed E-state index contributed by atoms with van der Waals surface area (Å²) in [4.78, 5) is 11.9. The molecule has 1 fully saturated rings. The molecular weight excluding hydrogens is 130 g/mol. The smallest absolute Gasteiger partial charge is 0.267 e. The molecule has 0 aliphatic carbocycles. The molecule has 3 heteroatoms. The van der Waals surface area contributed by atoms with Gasteiger partial charge >= 0.3 is 0 Å². The maximum Gasteiger partial charge on any atom is 0.267 e. The van der Waals surface area contributed by atoms with Crippen LogP contribution in [0.3, 0.4) is 0 Å². The molecule has 3 nitrogen and oxygen atoms in total. The maximum absolute atomic E-state index is 11.3. The molecule has 1 rings (SSSR count). The van der Waals surface area contributed by atoms with Crippen molar-refractivity contribution < 1.29 is 14.0 Å². The SMILES string of the molecule is [2H]C([2H])([2H])N1CCC(O)(C#C)C1=O. The maximum atomic E-state index is 11.3. The lowest BCUT2D eigenvalue weighted by Gasteiger charge is -2.12. The van der Waals surface area contributed by atoms with E-state index in [4.69, 9.17) is 10.5 Å². The van der Waals surface area contributed by atoms with Crippen LogP contribution in [0.2, 0.25) is 0 Å². The summed E-state index contributed by atoms with van der Waals surface area (Å²) < 4.78 is 20.9. The molecule has 1 heterocycles. The van der Waals surface area contributed by atoms with Gasteiger partial charge in [0, 0.05) is 24.1 Å². The molecule has 1 aliphatic rings. The molecule has 1 unspecified atom stereocenters. The third-order valence-corrected chi connectivity index (χ3v) is 1.53. The Morgan fingerprint density at radius 2 is 2.80 bits per heavy atom. The molecule has 0 bridgehead atoms. The Morgan fingerprint density at radius 3 is 3.10 bits per heavy atom. The predicted molar refractivity (Wildman–Crippen MR) is 36.0 cm³/mol. The van der Waals surface area contributed by atoms with E-state index in [9.17, 15) is 9.90 Å². The van der Waals surface area contributed by atoms with Gasteiger partial charge in [-0.15, -0.1) is 6.42 Å². The van der Waals surface area contributed by atoms with Crippen LogP contribution < -0.4 is 0 Å². The Hall–Kier alpha value is -1.01. The highest BCUT2D eigenvalue weighted by atomic mass is 16.3. The van der Waals surface area contributed by atoms with E-state index >= 15 is 0 Å². The summed E-state index contributed by atoms with van der Waals surface area (Å²) in [6.07, 6.45) is 4.91. The zero-order valence-electron chi connectivity index (χ0n) is 8.29. The van der Waals surface area contributed by atoms with Crippen LogP contribution in [-0.4, -0.2) is 35.0 Å². The first-order valence-corrected chi connectivity index (χ1v) is 2.83. The van der Waals surface area contributed by atoms with Gasteiger partial charge in [0.25, 0.3) is 5.91 Å². The number of rotatable bonds is 0. The van der Waals surface area contributed by atoms with E-state index in [0.29, 0.717) is 4.90 Å². The van der Waals surface area contributed by atoms with Crippen molar-refractivity contribution in [3.63, 3.8) is 0 Å². The highest BCUT2D eigenvalue weighted by molar-refractivity contribution is 5.90. The molecule has 0 saturated carbocycles. The van der Waals surface area contributed by atoms with Crippen molar-refractivity contribution in [3.05, 3.63) is 0 Å². The number of likely N-dealkylation sites (N-methyl/N-ethyl adjacent to an activating group) is 1. The molecule has 10 heavy (non-hydrogen) atoms. The monoisotopic (exact) mass is 142 g/mol. The van der Waals surface area contributed by atoms with Crippen LogP contribution in [0.25, 0.3) is 0 Å². The van der Waals surface area contributed by atoms with E-state index < -0.39 is 18.5 Å². The van der Waals surface area contributed by atoms with E-state index in [1.54, 1.807) is 0 Å². The van der Waals surface area contributed by atoms with Gasteiger partial charge < -0.3 is 10.0 Å². The van der Waals surface area contributed by atoms with Crippen LogP contribution in [0.4, 0.5) is 0 Å². The zero-order chi connectivity index (χ0) is 10.3. The highest BCUT2D eigenvalue weighted by Crippen LogP contribution is 2.19. The average Bonchev–Trinajstić information content (AvgIpc) is 2.29. The van der Waals surface area contributed by atoms with E-state index in [1.165, 1.54) is 0 Å². The van der Waals surface area contributed by atoms with Crippen molar-refractivity contribution >= 4 is 5.91 Å². The molecule has 0 aromatic carbocycles. The number of hydrogen-bond acceptors (Lipinski definition) is 2. The Balaban J connectivity index is 2.91. The van der Waals surface area contributed by atoms with Crippen molar-refractivity contribution in [1.29, 1.82) is 0 Å². The second-order valence-corrected chi connectivity index (χ2v) is 2.21. The van der Waals surface area contributed by atoms with Crippen LogP contribution >= 0.6 is 0 Å². The van der Waals surface area contributed by atoms with Gasteiger partial charge in [0.1, 0.15) is 0 Å². The lowest BCUT2D eigenvalue weighted by Crippen LogP contribution is -2.36. The summed E-state index contributed by atoms with van der Waals surface area (Å²) in [5.41, 5.74) is -1.92. The molecule has 0 radical (unpaired) electrons. The normalized spacial score (nSPS) is 38.2. The zero-order valence-corrected chi connectivity index (χ0v) is 5.29. The van der Waals surface area contributed by atoms with Crippen molar-refractivity contribution in [2.24, 2.45) is 0 Å². The Kier molecular flexibility index (Phi) is 0.796. The first-order valence-electron chi connectivity index (χ1n) is 4.33. The summed E-state index contributed by atoms with van der Waals surface area (Å²) in [6.45, 7) is -2.55. The average molecular weight is 142 g/mol. The number of carbonyl (C=O) groups excluding carboxylic acids is 1. The Labute approximate surface area is 63.9 Å². The summed E-state index contributed by atoms with van der Waals surface area (Å²) >= 11 is 0. The molecule has 0 aromatic heterocycles. The van der Waals surface area contributed by atoms with Gasteiger partial charge in [0.2, 0.25) is 5.60 Å². The second-order valence-electron chi connectivity index (χ2n) is 2.21. The van der Waals surface area contributed by atoms with E-state index in [-0.39, 0.29) is 13.0 Å². The number of nitrogens with zero attached hydrogens (tertiary/aromatic N) is 1. The third-order valence-electron chi connectivity index (χ3n) is 1.53. The fraction of sp³-hybridized carbons (Fsp3) is 0.571. The van der Waals surface area contributed by atoms with Gasteiger partial charge in [-0.05, 0) is 0 Å². The number of likely N-dealkylation sites (tertiary alicyclic amines) is 1. The van der Waals surface area contributed by atoms with Crippen molar-refractivity contribution in [1.82, 2.24) is 4.90 Å². The number of amides is 1. The summed E-state index contributed by atoms with van der Waals surface area (Å²) in [5, 5.41) is 9.42. The molecule has 0 spiro atoms. The molecular formula is C7H9NO2. The summed E-state index contributed by atoms with van der Waals surface area (Å²) in [6, 6.07) is 0. The van der Waals surface area contributed by atoms with Crippen molar-refractivity contribution in [3.8, 4) is 12.3 Å². The summed E-state index contributed by atoms with van der Waals surface area (Å²) in [5.74, 6) is 0.999. The third kappa shape index (κ3) is 0.775. The predicted octanol–water partition coefficient (Wildman–Crippen LogP) is -0.787. The van der Waals surface area contributed by atoms with Crippen molar-refractivity contribution in [2.75, 3.05) is 13.5 Å². The summed E-state index contributed by atoms with van der Waals surface area (Å²) in [7, 11) is 0. The highest BCUT2D eigenvalue weighted by Gasteiger charge is 2.41. The standard InChI is InChI=1S/C7H9NO2/c1-3-7(10)4-5-8(2)6(7)9/h1,10H,4-5H2,2H3/i2D3. The van der Waals surface area contributed by atoms with E-state index in [0.717, 1.165) is 0 Å². The lowest BCUT2D eigenvalue weighted by molar-refractivity contribution is -0.137. The van der Waals surface area contributed by atoms with Gasteiger partial charge in [-0.1, -0.05) is 5.92 Å². The first-order chi connectivity index (χ1) is 5.81. The topological polar surface area (TPSA) is 40.5 Å². The Bertz CT molecular complexity index is 280. The van der Waals surface area contributed by atoms with Gasteiger partial charge in [0.15, 0.2) is 0 Å². The van der Waals surface area contributed by atoms with Gasteiger partial charge in [-0.3, -0.25) is 4.79 Å². The molecule has 1 atom stereocenters. The van der Waals surface area contributed by atoms with Gasteiger partial charge in [-0.2, -0.15) is 0 Å². The molecule has 54 valence electrons. The fourth-order valence-electron chi connectivity index (χ4n) is 0.839. The lowest BCUT2D eigenvalue weighted by atomic mass is 10.1. The van der Waals surface area contributed by atoms with Gasteiger partial charge in [0.05, 0.1) is 0 Å². The van der Waals surface area contributed by atoms with Gasteiger partial charge in [-0.25, -0.2) is 0 Å². The Morgan fingerprint density at radius 1 is 2.10 bits per heavy atom. The van der Waals surface area contributed by atoms with E-state index in [1.807, 2.05) is 5.92 Å². The van der Waals surface area contributed by atoms with Crippen molar-refractivity contribution in [2.45, 2.75) is 12.0 Å². The molecule has 1 saturated heterocycles. The second kappa shape index (κ2) is 1.99. The molecule has 1 aliphatic heterocycles. The molecule has 1 N–H and O–H groups in total. The minimum Gasteiger partial charge on any atom is -0.369 e. The van der Waals surface area contributed by atoms with E-state index in [2.05, 4.69) is 0 Å². The minimum absolute atomic E-state index is 0.0271. The van der Waals surface area contributed by atoms with Crippen LogP contribution in [0.5, 0.6) is 0 Å². The first kappa shape index (κ1) is 3.99. The molecule has 1 amide bonds. The molecule has 0 aromatic rings. The number of aliphatic hydroxyl groups is 1. The van der Waals surface area contributed by atoms with Crippen LogP contribution in [0.1, 0.15) is 10.5 Å². The van der Waals surface area contributed by atoms with Crippen LogP contribution in [0.15, 0.2) is 0 Å². The van der Waals surface area contributed by atoms with Crippen LogP contribution in [0, 0.1) is 12.3 Å². The largest absolute Gasteiger partial charge is 0.369 e. The fourth-order valence-corrected chi connectivity index (χ4v) is 0.839. The van der Waals surface area contributed by atoms with Crippen LogP contribution in [-0.2, 0) is 4.79 Å².